The molecular formula is C25H24N4O5. The smallest absolute Gasteiger partial charge is 0.259 e. The Bertz CT molecular complexity index is 1370. The molecule has 0 aliphatic carbocycles. The fourth-order valence-electron chi connectivity index (χ4n) is 4.14. The third kappa shape index (κ3) is 3.79. The Morgan fingerprint density at radius 1 is 1.09 bits per heavy atom. The van der Waals surface area contributed by atoms with Crippen LogP contribution >= 0.6 is 0 Å². The second-order valence-electron chi connectivity index (χ2n) is 7.68. The van der Waals surface area contributed by atoms with E-state index in [1.165, 1.54) is 21.3 Å². The molecule has 174 valence electrons. The van der Waals surface area contributed by atoms with Gasteiger partial charge in [-0.05, 0) is 30.7 Å². The number of fused-ring (bicyclic) bond motifs is 1. The zero-order chi connectivity index (χ0) is 24.4. The molecule has 0 fully saturated rings. The van der Waals surface area contributed by atoms with Crippen LogP contribution in [0.5, 0.6) is 23.0 Å². The van der Waals surface area contributed by atoms with Crippen LogP contribution in [0.15, 0.2) is 59.0 Å². The van der Waals surface area contributed by atoms with E-state index in [1.807, 2.05) is 19.1 Å². The molecule has 34 heavy (non-hydrogen) atoms. The first-order valence-corrected chi connectivity index (χ1v) is 10.4. The first-order chi connectivity index (χ1) is 16.4. The molecule has 9 heteroatoms. The number of rotatable bonds is 6. The molecule has 3 aromatic rings. The maximum Gasteiger partial charge on any atom is 0.259 e. The van der Waals surface area contributed by atoms with Gasteiger partial charge in [0.05, 0.1) is 39.4 Å². The summed E-state index contributed by atoms with van der Waals surface area (Å²) in [6.07, 6.45) is 3.34. The molecule has 1 aliphatic heterocycles. The Hall–Kier alpha value is -4.45. The molecule has 0 radical (unpaired) electrons. The van der Waals surface area contributed by atoms with Crippen molar-refractivity contribution in [1.29, 1.82) is 5.26 Å². The third-order valence-corrected chi connectivity index (χ3v) is 5.83. The zero-order valence-electron chi connectivity index (χ0n) is 19.3. The van der Waals surface area contributed by atoms with Crippen molar-refractivity contribution in [3.05, 3.63) is 86.9 Å². The van der Waals surface area contributed by atoms with Gasteiger partial charge in [-0.25, -0.2) is 0 Å². The van der Waals surface area contributed by atoms with Crippen LogP contribution in [0, 0.1) is 18.3 Å². The van der Waals surface area contributed by atoms with E-state index in [0.29, 0.717) is 40.8 Å². The summed E-state index contributed by atoms with van der Waals surface area (Å²) in [7, 11) is 4.52. The highest BCUT2D eigenvalue weighted by Gasteiger charge is 2.36. The highest BCUT2D eigenvalue weighted by molar-refractivity contribution is 5.61. The van der Waals surface area contributed by atoms with E-state index in [4.69, 9.17) is 24.7 Å². The second kappa shape index (κ2) is 9.19. The number of allylic oxidation sites excluding steroid dienone is 1. The summed E-state index contributed by atoms with van der Waals surface area (Å²) >= 11 is 0. The van der Waals surface area contributed by atoms with Gasteiger partial charge in [0.25, 0.3) is 5.56 Å². The number of nitrogens with two attached hydrogens (primary N) is 1. The van der Waals surface area contributed by atoms with Crippen LogP contribution in [0.3, 0.4) is 0 Å². The van der Waals surface area contributed by atoms with Crippen LogP contribution in [0.25, 0.3) is 0 Å². The minimum atomic E-state index is -0.833. The van der Waals surface area contributed by atoms with Gasteiger partial charge >= 0.3 is 0 Å². The van der Waals surface area contributed by atoms with Crippen LogP contribution in [-0.4, -0.2) is 30.9 Å². The summed E-state index contributed by atoms with van der Waals surface area (Å²) in [6.45, 7) is 2.15. The number of hydrogen-bond donors (Lipinski definition) is 1. The first-order valence-electron chi connectivity index (χ1n) is 10.4. The third-order valence-electron chi connectivity index (χ3n) is 5.83. The normalized spacial score (nSPS) is 14.6. The number of benzene rings is 1. The Labute approximate surface area is 196 Å². The Balaban J connectivity index is 1.99. The van der Waals surface area contributed by atoms with Gasteiger partial charge in [-0.15, -0.1) is 0 Å². The molecule has 0 saturated heterocycles. The highest BCUT2D eigenvalue weighted by atomic mass is 16.5. The largest absolute Gasteiger partial charge is 0.496 e. The summed E-state index contributed by atoms with van der Waals surface area (Å²) in [5, 5.41) is 9.98. The molecule has 3 heterocycles. The van der Waals surface area contributed by atoms with E-state index >= 15 is 0 Å². The monoisotopic (exact) mass is 460 g/mol. The molecule has 2 N–H and O–H groups in total. The van der Waals surface area contributed by atoms with Crippen molar-refractivity contribution in [3.63, 3.8) is 0 Å². The fourth-order valence-corrected chi connectivity index (χ4v) is 4.14. The van der Waals surface area contributed by atoms with Crippen LogP contribution < -0.4 is 30.2 Å². The lowest BCUT2D eigenvalue weighted by Gasteiger charge is -2.28. The van der Waals surface area contributed by atoms with Gasteiger partial charge in [-0.2, -0.15) is 5.26 Å². The molecule has 0 amide bonds. The number of methoxy groups -OCH3 is 3. The van der Waals surface area contributed by atoms with E-state index in [1.54, 1.807) is 35.2 Å². The van der Waals surface area contributed by atoms with Gasteiger partial charge in [0.15, 0.2) is 11.5 Å². The molecule has 1 atom stereocenters. The van der Waals surface area contributed by atoms with Crippen LogP contribution in [0.4, 0.5) is 0 Å². The molecule has 1 aliphatic rings. The Kier molecular flexibility index (Phi) is 6.15. The molecular weight excluding hydrogens is 436 g/mol. The van der Waals surface area contributed by atoms with Crippen molar-refractivity contribution in [3.8, 4) is 29.1 Å². The van der Waals surface area contributed by atoms with E-state index in [-0.39, 0.29) is 22.6 Å². The minimum absolute atomic E-state index is 0.0671. The van der Waals surface area contributed by atoms with Gasteiger partial charge in [0.2, 0.25) is 5.88 Å². The lowest BCUT2D eigenvalue weighted by atomic mass is 9.83. The number of ether oxygens (including phenoxy) is 4. The fraction of sp³-hybridized carbons (Fsp3) is 0.240. The molecule has 0 bridgehead atoms. The summed E-state index contributed by atoms with van der Waals surface area (Å²) in [5.74, 6) is 0.683. The Morgan fingerprint density at radius 3 is 2.35 bits per heavy atom. The topological polar surface area (TPSA) is 122 Å². The number of hydrogen-bond acceptors (Lipinski definition) is 8. The molecule has 0 saturated carbocycles. The van der Waals surface area contributed by atoms with Gasteiger partial charge in [0, 0.05) is 35.8 Å². The summed E-state index contributed by atoms with van der Waals surface area (Å²) < 4.78 is 23.8. The van der Waals surface area contributed by atoms with Crippen molar-refractivity contribution in [2.75, 3.05) is 21.3 Å². The minimum Gasteiger partial charge on any atom is -0.496 e. The van der Waals surface area contributed by atoms with Gasteiger partial charge in [-0.3, -0.25) is 9.78 Å². The maximum atomic E-state index is 13.9. The molecule has 4 rings (SSSR count). The number of aromatic nitrogens is 2. The molecule has 9 nitrogen and oxygen atoms in total. The van der Waals surface area contributed by atoms with Crippen LogP contribution in [0.2, 0.25) is 0 Å². The predicted molar refractivity (Wildman–Crippen MR) is 124 cm³/mol. The Morgan fingerprint density at radius 2 is 1.74 bits per heavy atom. The van der Waals surface area contributed by atoms with Crippen molar-refractivity contribution in [2.24, 2.45) is 5.73 Å². The van der Waals surface area contributed by atoms with Crippen molar-refractivity contribution >= 4 is 0 Å². The summed E-state index contributed by atoms with van der Waals surface area (Å²) in [4.78, 5) is 17.9. The lowest BCUT2D eigenvalue weighted by molar-refractivity contribution is 0.346. The summed E-state index contributed by atoms with van der Waals surface area (Å²) in [6, 6.07) is 10.9. The standard InChI is InChI=1S/C25H24N4O5/c1-14-9-21-23(25(30)29(14)13-15-5-7-28-8-6-15)22(17(12-26)24(27)34-21)16-10-19(32-3)20(33-4)11-18(16)31-2/h5-11,22H,13,27H2,1-4H3/t22-/m0/s1. The molecule has 1 aromatic carbocycles. The first kappa shape index (κ1) is 22.7. The van der Waals surface area contributed by atoms with Crippen molar-refractivity contribution < 1.29 is 18.9 Å². The average molecular weight is 460 g/mol. The van der Waals surface area contributed by atoms with E-state index in [0.717, 1.165) is 5.56 Å². The summed E-state index contributed by atoms with van der Waals surface area (Å²) in [5.41, 5.74) is 8.36. The van der Waals surface area contributed by atoms with E-state index < -0.39 is 5.92 Å². The van der Waals surface area contributed by atoms with E-state index in [2.05, 4.69) is 11.1 Å². The van der Waals surface area contributed by atoms with Gasteiger partial charge in [0.1, 0.15) is 23.1 Å². The molecule has 2 aromatic heterocycles. The van der Waals surface area contributed by atoms with Crippen molar-refractivity contribution in [2.45, 2.75) is 19.4 Å². The number of aryl methyl sites for hydroxylation is 1. The molecule has 0 spiro atoms. The lowest BCUT2D eigenvalue weighted by Crippen LogP contribution is -2.33. The molecule has 0 unspecified atom stereocenters. The van der Waals surface area contributed by atoms with Gasteiger partial charge < -0.3 is 29.2 Å². The van der Waals surface area contributed by atoms with Gasteiger partial charge in [-0.1, -0.05) is 0 Å². The van der Waals surface area contributed by atoms with Crippen molar-refractivity contribution in [1.82, 2.24) is 9.55 Å². The van der Waals surface area contributed by atoms with Crippen LogP contribution in [-0.2, 0) is 6.54 Å². The average Bonchev–Trinajstić information content (AvgIpc) is 2.85. The zero-order valence-corrected chi connectivity index (χ0v) is 19.3. The van der Waals surface area contributed by atoms with E-state index in [9.17, 15) is 10.1 Å². The number of nitriles is 1. The van der Waals surface area contributed by atoms with Crippen LogP contribution in [0.1, 0.15) is 28.3 Å². The predicted octanol–water partition coefficient (Wildman–Crippen LogP) is 2.84. The quantitative estimate of drug-likeness (QED) is 0.596. The number of nitrogens with zero attached hydrogens (tertiary/aromatic N) is 3. The maximum absolute atomic E-state index is 13.9. The SMILES string of the molecule is COc1cc(OC)c([C@H]2C(C#N)=C(N)Oc3cc(C)n(Cc4ccncc4)c(=O)c32)cc1OC. The number of pyridine rings is 2. The highest BCUT2D eigenvalue weighted by Crippen LogP contribution is 2.46. The second-order valence-corrected chi connectivity index (χ2v) is 7.68.